The molecule has 0 fully saturated rings. The Morgan fingerprint density at radius 2 is 0.917 bits per heavy atom. The van der Waals surface area contributed by atoms with E-state index in [1.165, 1.54) is 122 Å². The molecule has 0 aliphatic carbocycles. The van der Waals surface area contributed by atoms with Crippen molar-refractivity contribution in [2.24, 2.45) is 0 Å². The highest BCUT2D eigenvalue weighted by molar-refractivity contribution is 5.76. The van der Waals surface area contributed by atoms with Crippen molar-refractivity contribution in [3.8, 4) is 0 Å². The maximum Gasteiger partial charge on any atom is 0.220 e. The topological polar surface area (TPSA) is 89.8 Å². The van der Waals surface area contributed by atoms with Crippen molar-refractivity contribution < 1.29 is 20.1 Å². The highest BCUT2D eigenvalue weighted by Gasteiger charge is 2.26. The molecule has 48 heavy (non-hydrogen) atoms. The zero-order valence-corrected chi connectivity index (χ0v) is 31.6. The number of amides is 1. The molecule has 0 aromatic carbocycles. The third kappa shape index (κ3) is 32.8. The van der Waals surface area contributed by atoms with Gasteiger partial charge in [0.15, 0.2) is 0 Å². The maximum atomic E-state index is 12.3. The van der Waals surface area contributed by atoms with Crippen LogP contribution >= 0.6 is 0 Å². The minimum atomic E-state index is -1.19. The van der Waals surface area contributed by atoms with Gasteiger partial charge >= 0.3 is 0 Å². The van der Waals surface area contributed by atoms with Crippen LogP contribution in [0, 0.1) is 0 Å². The van der Waals surface area contributed by atoms with Gasteiger partial charge < -0.3 is 20.6 Å². The summed E-state index contributed by atoms with van der Waals surface area (Å²) in [5.41, 5.74) is 0. The number of carbonyl (C=O) groups excluding carboxylic acids is 1. The fourth-order valence-electron chi connectivity index (χ4n) is 5.93. The van der Waals surface area contributed by atoms with Crippen molar-refractivity contribution in [1.82, 2.24) is 5.32 Å². The molecule has 0 aliphatic heterocycles. The first kappa shape index (κ1) is 46.3. The lowest BCUT2D eigenvalue weighted by atomic mass is 10.0. The molecule has 5 nitrogen and oxygen atoms in total. The summed E-state index contributed by atoms with van der Waals surface area (Å²) in [5.74, 6) is -0.227. The molecule has 0 aromatic rings. The Bertz CT molecular complexity index is 790. The summed E-state index contributed by atoms with van der Waals surface area (Å²) in [4.78, 5) is 12.3. The van der Waals surface area contributed by atoms with Gasteiger partial charge in [-0.05, 0) is 70.6 Å². The van der Waals surface area contributed by atoms with Crippen LogP contribution < -0.4 is 5.32 Å². The molecule has 0 rings (SSSR count). The fraction of sp³-hybridized carbons (Fsp3) is 0.791. The lowest BCUT2D eigenvalue weighted by Gasteiger charge is -2.26. The van der Waals surface area contributed by atoms with E-state index in [9.17, 15) is 20.1 Å². The second-order valence-electron chi connectivity index (χ2n) is 13.8. The summed E-state index contributed by atoms with van der Waals surface area (Å²) >= 11 is 0. The molecular formula is C43H79NO4. The monoisotopic (exact) mass is 674 g/mol. The first-order valence-corrected chi connectivity index (χ1v) is 20.4. The normalized spacial score (nSPS) is 14.2. The van der Waals surface area contributed by atoms with Gasteiger partial charge in [-0.2, -0.15) is 0 Å². The van der Waals surface area contributed by atoms with Gasteiger partial charge in [0.25, 0.3) is 0 Å². The van der Waals surface area contributed by atoms with E-state index in [1.54, 1.807) is 0 Å². The highest BCUT2D eigenvalue weighted by atomic mass is 16.3. The number of rotatable bonds is 36. The fourth-order valence-corrected chi connectivity index (χ4v) is 5.93. The average molecular weight is 674 g/mol. The van der Waals surface area contributed by atoms with Gasteiger partial charge in [0.2, 0.25) is 5.91 Å². The Morgan fingerprint density at radius 3 is 1.40 bits per heavy atom. The quantitative estimate of drug-likeness (QED) is 0.0393. The molecule has 0 saturated carbocycles. The van der Waals surface area contributed by atoms with Crippen LogP contribution in [0.5, 0.6) is 0 Å². The minimum absolute atomic E-state index is 0.227. The van der Waals surface area contributed by atoms with E-state index in [-0.39, 0.29) is 12.3 Å². The first-order chi connectivity index (χ1) is 23.6. The molecule has 0 bridgehead atoms. The molecule has 5 heteroatoms. The van der Waals surface area contributed by atoms with E-state index >= 15 is 0 Å². The van der Waals surface area contributed by atoms with Gasteiger partial charge in [-0.3, -0.25) is 4.79 Å². The molecule has 3 atom stereocenters. The van der Waals surface area contributed by atoms with E-state index < -0.39 is 24.9 Å². The maximum absolute atomic E-state index is 12.3. The summed E-state index contributed by atoms with van der Waals surface area (Å²) < 4.78 is 0. The Hall–Kier alpha value is -1.69. The van der Waals surface area contributed by atoms with E-state index in [0.29, 0.717) is 12.8 Å². The molecule has 4 N–H and O–H groups in total. The van der Waals surface area contributed by atoms with Gasteiger partial charge in [-0.1, -0.05) is 165 Å². The molecule has 0 heterocycles. The largest absolute Gasteiger partial charge is 0.394 e. The highest BCUT2D eigenvalue weighted by Crippen LogP contribution is 2.14. The van der Waals surface area contributed by atoms with Crippen LogP contribution in [0.3, 0.4) is 0 Å². The molecule has 1 amide bonds. The molecule has 0 saturated heterocycles. The van der Waals surface area contributed by atoms with E-state index in [4.69, 9.17) is 0 Å². The molecule has 280 valence electrons. The summed E-state index contributed by atoms with van der Waals surface area (Å²) in [6.07, 6.45) is 48.0. The summed E-state index contributed by atoms with van der Waals surface area (Å²) in [5, 5.41) is 33.3. The smallest absolute Gasteiger partial charge is 0.220 e. The second kappa shape index (κ2) is 38.1. The van der Waals surface area contributed by atoms with Gasteiger partial charge in [0.1, 0.15) is 6.10 Å². The standard InChI is InChI=1S/C43H79NO4/c1-3-5-7-9-11-13-15-17-18-19-20-21-22-23-24-26-27-29-31-33-35-37-41(46)43(48)40(39-45)44-42(47)38-36-34-32-30-28-25-16-14-12-10-8-6-4-2/h23-25,28-29,31-32,34,40-41,43,45-46,48H,3-22,26-27,30,33,35-39H2,1-2H3,(H,44,47)/b24-23+,28-25-,31-29+,34-32-. The summed E-state index contributed by atoms with van der Waals surface area (Å²) in [6, 6.07) is -0.862. The van der Waals surface area contributed by atoms with Gasteiger partial charge in [-0.25, -0.2) is 0 Å². The zero-order chi connectivity index (χ0) is 35.2. The van der Waals surface area contributed by atoms with E-state index in [2.05, 4.69) is 61.7 Å². The predicted octanol–water partition coefficient (Wildman–Crippen LogP) is 11.4. The lowest BCUT2D eigenvalue weighted by molar-refractivity contribution is -0.124. The van der Waals surface area contributed by atoms with Crippen LogP contribution in [-0.4, -0.2) is 46.1 Å². The third-order valence-corrected chi connectivity index (χ3v) is 9.15. The van der Waals surface area contributed by atoms with Gasteiger partial charge in [-0.15, -0.1) is 0 Å². The number of aliphatic hydroxyl groups is 3. The van der Waals surface area contributed by atoms with Crippen LogP contribution in [0.25, 0.3) is 0 Å². The van der Waals surface area contributed by atoms with E-state index in [0.717, 1.165) is 38.5 Å². The van der Waals surface area contributed by atoms with Crippen molar-refractivity contribution in [2.45, 2.75) is 212 Å². The van der Waals surface area contributed by atoms with Crippen molar-refractivity contribution >= 4 is 5.91 Å². The SMILES string of the molecule is CCCCCCCC/C=C\C/C=C\CCC(=O)NC(CO)C(O)C(O)CCC/C=C/CC/C=C/CCCCCCCCCCCCCC. The number of carbonyl (C=O) groups is 1. The number of hydrogen-bond donors (Lipinski definition) is 4. The predicted molar refractivity (Wildman–Crippen MR) is 208 cm³/mol. The number of unbranched alkanes of at least 4 members (excludes halogenated alkanes) is 20. The molecule has 3 unspecified atom stereocenters. The van der Waals surface area contributed by atoms with Crippen molar-refractivity contribution in [3.05, 3.63) is 48.6 Å². The lowest BCUT2D eigenvalue weighted by Crippen LogP contribution is -2.50. The number of allylic oxidation sites excluding steroid dienone is 8. The minimum Gasteiger partial charge on any atom is -0.394 e. The molecule has 0 aliphatic rings. The number of aliphatic hydroxyl groups excluding tert-OH is 3. The Balaban J connectivity index is 3.79. The van der Waals surface area contributed by atoms with E-state index in [1.807, 2.05) is 6.08 Å². The van der Waals surface area contributed by atoms with Crippen molar-refractivity contribution in [1.29, 1.82) is 0 Å². The zero-order valence-electron chi connectivity index (χ0n) is 31.6. The van der Waals surface area contributed by atoms with Crippen molar-refractivity contribution in [2.75, 3.05) is 6.61 Å². The van der Waals surface area contributed by atoms with Crippen LogP contribution in [0.1, 0.15) is 194 Å². The number of nitrogens with one attached hydrogen (secondary N) is 1. The average Bonchev–Trinajstić information content (AvgIpc) is 3.09. The van der Waals surface area contributed by atoms with Crippen molar-refractivity contribution in [3.63, 3.8) is 0 Å². The van der Waals surface area contributed by atoms with Crippen LogP contribution in [0.15, 0.2) is 48.6 Å². The van der Waals surface area contributed by atoms with Gasteiger partial charge in [0.05, 0.1) is 18.8 Å². The third-order valence-electron chi connectivity index (χ3n) is 9.15. The Labute approximate surface area is 297 Å². The molecule has 0 radical (unpaired) electrons. The first-order valence-electron chi connectivity index (χ1n) is 20.4. The van der Waals surface area contributed by atoms with Gasteiger partial charge in [0, 0.05) is 6.42 Å². The second-order valence-corrected chi connectivity index (χ2v) is 13.8. The molecule has 0 aromatic heterocycles. The Kier molecular flexibility index (Phi) is 36.8. The summed E-state index contributed by atoms with van der Waals surface area (Å²) in [7, 11) is 0. The number of hydrogen-bond acceptors (Lipinski definition) is 4. The summed E-state index contributed by atoms with van der Waals surface area (Å²) in [6.45, 7) is 4.11. The Morgan fingerprint density at radius 1 is 0.521 bits per heavy atom. The molecular weight excluding hydrogens is 594 g/mol. The van der Waals surface area contributed by atoms with Crippen LogP contribution in [0.4, 0.5) is 0 Å². The van der Waals surface area contributed by atoms with Crippen LogP contribution in [0.2, 0.25) is 0 Å². The molecule has 0 spiro atoms. The van der Waals surface area contributed by atoms with Crippen LogP contribution in [-0.2, 0) is 4.79 Å².